The van der Waals surface area contributed by atoms with E-state index in [0.717, 1.165) is 26.3 Å². The third kappa shape index (κ3) is 4.70. The highest BCUT2D eigenvalue weighted by Gasteiger charge is 2.13. The largest absolute Gasteiger partial charge is 0.507 e. The number of halogens is 1. The fourth-order valence-corrected chi connectivity index (χ4v) is 3.81. The molecule has 0 aliphatic heterocycles. The summed E-state index contributed by atoms with van der Waals surface area (Å²) < 4.78 is 0.873. The molecule has 29 heavy (non-hydrogen) atoms. The summed E-state index contributed by atoms with van der Waals surface area (Å²) in [5, 5.41) is 12.5. The van der Waals surface area contributed by atoms with E-state index in [-0.39, 0.29) is 5.75 Å². The summed E-state index contributed by atoms with van der Waals surface area (Å²) in [5.41, 5.74) is 3.76. The lowest BCUT2D eigenvalue weighted by molar-refractivity contribution is 0.474. The minimum Gasteiger partial charge on any atom is -0.507 e. The number of aliphatic imine (C=N–C) groups is 2. The molecule has 0 saturated carbocycles. The van der Waals surface area contributed by atoms with E-state index in [9.17, 15) is 5.11 Å². The van der Waals surface area contributed by atoms with Crippen molar-refractivity contribution in [1.29, 1.82) is 0 Å². The highest BCUT2D eigenvalue weighted by Crippen LogP contribution is 2.32. The van der Waals surface area contributed by atoms with Crippen molar-refractivity contribution < 1.29 is 5.11 Å². The molecule has 0 unspecified atom stereocenters. The third-order valence-electron chi connectivity index (χ3n) is 4.25. The van der Waals surface area contributed by atoms with Crippen molar-refractivity contribution in [3.63, 3.8) is 0 Å². The minimum absolute atomic E-state index is 0.176. The molecule has 142 valence electrons. The number of benzene rings is 3. The number of nitrogens with zero attached hydrogens (tertiary/aromatic N) is 2. The van der Waals surface area contributed by atoms with Gasteiger partial charge >= 0.3 is 0 Å². The van der Waals surface area contributed by atoms with Gasteiger partial charge in [-0.2, -0.15) is 0 Å². The van der Waals surface area contributed by atoms with Gasteiger partial charge in [-0.15, -0.1) is 11.3 Å². The van der Waals surface area contributed by atoms with Crippen molar-refractivity contribution in [2.45, 2.75) is 0 Å². The summed E-state index contributed by atoms with van der Waals surface area (Å²) in [6.45, 7) is 0. The van der Waals surface area contributed by atoms with E-state index in [1.165, 1.54) is 0 Å². The predicted octanol–water partition coefficient (Wildman–Crippen LogP) is 7.14. The molecule has 0 aliphatic carbocycles. The summed E-state index contributed by atoms with van der Waals surface area (Å²) in [4.78, 5) is 10.6. The van der Waals surface area contributed by atoms with E-state index in [1.54, 1.807) is 23.5 Å². The predicted molar refractivity (Wildman–Crippen MR) is 126 cm³/mol. The van der Waals surface area contributed by atoms with Crippen LogP contribution in [0.3, 0.4) is 0 Å². The molecule has 0 aliphatic rings. The number of phenolic OH excluding ortho intramolecular Hbond substituents is 1. The van der Waals surface area contributed by atoms with E-state index >= 15 is 0 Å². The van der Waals surface area contributed by atoms with Crippen molar-refractivity contribution in [3.05, 3.63) is 111 Å². The van der Waals surface area contributed by atoms with E-state index in [1.807, 2.05) is 84.4 Å². The molecule has 5 heteroatoms. The number of hydrogen-bond acceptors (Lipinski definition) is 4. The van der Waals surface area contributed by atoms with Crippen LogP contribution in [-0.2, 0) is 0 Å². The number of thiophene rings is 1. The van der Waals surface area contributed by atoms with Crippen molar-refractivity contribution in [2.24, 2.45) is 9.98 Å². The van der Waals surface area contributed by atoms with Gasteiger partial charge in [0.15, 0.2) is 0 Å². The molecular weight excluding hydrogens is 444 g/mol. The zero-order valence-electron chi connectivity index (χ0n) is 15.4. The van der Waals surface area contributed by atoms with Crippen LogP contribution in [0.5, 0.6) is 5.75 Å². The number of phenols is 1. The molecule has 3 nitrogen and oxygen atoms in total. The molecule has 4 rings (SSSR count). The van der Waals surface area contributed by atoms with Gasteiger partial charge < -0.3 is 5.11 Å². The van der Waals surface area contributed by atoms with E-state index in [0.29, 0.717) is 11.3 Å². The number of aromatic hydroxyl groups is 1. The maximum absolute atomic E-state index is 10.5. The molecule has 0 fully saturated rings. The van der Waals surface area contributed by atoms with Crippen LogP contribution in [0.15, 0.2) is 105 Å². The molecule has 1 N–H and O–H groups in total. The van der Waals surface area contributed by atoms with Crippen molar-refractivity contribution in [1.82, 2.24) is 0 Å². The SMILES string of the molecule is Oc1ccc(Br)cc1C(=Nc1ccccc1N=Cc1cccs1)c1ccccc1. The molecule has 0 radical (unpaired) electrons. The van der Waals surface area contributed by atoms with E-state index in [4.69, 9.17) is 4.99 Å². The van der Waals surface area contributed by atoms with Crippen molar-refractivity contribution >= 4 is 50.6 Å². The Hall–Kier alpha value is -3.02. The van der Waals surface area contributed by atoms with Crippen LogP contribution >= 0.6 is 27.3 Å². The monoisotopic (exact) mass is 460 g/mol. The average molecular weight is 461 g/mol. The Kier molecular flexibility index (Phi) is 5.98. The number of para-hydroxylation sites is 2. The molecule has 4 aromatic rings. The Balaban J connectivity index is 1.85. The Bertz CT molecular complexity index is 1170. The van der Waals surface area contributed by atoms with Gasteiger partial charge in [0.1, 0.15) is 5.75 Å². The molecular formula is C24H17BrN2OS. The fraction of sp³-hybridized carbons (Fsp3) is 0. The normalized spacial score (nSPS) is 11.8. The van der Waals surface area contributed by atoms with Gasteiger partial charge in [-0.3, -0.25) is 4.99 Å². The van der Waals surface area contributed by atoms with Gasteiger partial charge in [0.2, 0.25) is 0 Å². The summed E-state index contributed by atoms with van der Waals surface area (Å²) in [6.07, 6.45) is 1.85. The highest BCUT2D eigenvalue weighted by molar-refractivity contribution is 9.10. The summed E-state index contributed by atoms with van der Waals surface area (Å²) in [5.74, 6) is 0.176. The van der Waals surface area contributed by atoms with E-state index in [2.05, 4.69) is 20.9 Å². The molecule has 0 bridgehead atoms. The highest BCUT2D eigenvalue weighted by atomic mass is 79.9. The molecule has 0 spiro atoms. The minimum atomic E-state index is 0.176. The maximum Gasteiger partial charge on any atom is 0.125 e. The lowest BCUT2D eigenvalue weighted by atomic mass is 10.0. The lowest BCUT2D eigenvalue weighted by Crippen LogP contribution is -2.03. The van der Waals surface area contributed by atoms with Crippen LogP contribution in [0.25, 0.3) is 0 Å². The van der Waals surface area contributed by atoms with E-state index < -0.39 is 0 Å². The molecule has 3 aromatic carbocycles. The van der Waals surface area contributed by atoms with Crippen LogP contribution in [0.2, 0.25) is 0 Å². The molecule has 0 atom stereocenters. The van der Waals surface area contributed by atoms with Crippen LogP contribution in [0, 0.1) is 0 Å². The second kappa shape index (κ2) is 8.99. The second-order valence-electron chi connectivity index (χ2n) is 6.25. The summed E-state index contributed by atoms with van der Waals surface area (Å²) >= 11 is 5.13. The van der Waals surface area contributed by atoms with Gasteiger partial charge in [-0.05, 0) is 41.8 Å². The van der Waals surface area contributed by atoms with Crippen LogP contribution < -0.4 is 0 Å². The Morgan fingerprint density at radius 2 is 1.62 bits per heavy atom. The quantitative estimate of drug-likeness (QED) is 0.316. The van der Waals surface area contributed by atoms with Gasteiger partial charge in [0.05, 0.1) is 17.1 Å². The third-order valence-corrected chi connectivity index (χ3v) is 5.55. The van der Waals surface area contributed by atoms with Crippen molar-refractivity contribution in [2.75, 3.05) is 0 Å². The molecule has 1 aromatic heterocycles. The summed E-state index contributed by atoms with van der Waals surface area (Å²) in [6, 6.07) is 27.0. The zero-order chi connectivity index (χ0) is 20.1. The maximum atomic E-state index is 10.5. The van der Waals surface area contributed by atoms with Gasteiger partial charge in [0, 0.05) is 26.7 Å². The topological polar surface area (TPSA) is 45.0 Å². The van der Waals surface area contributed by atoms with Crippen LogP contribution in [0.1, 0.15) is 16.0 Å². The first-order valence-corrected chi connectivity index (χ1v) is 10.7. The number of rotatable bonds is 5. The second-order valence-corrected chi connectivity index (χ2v) is 8.15. The van der Waals surface area contributed by atoms with Gasteiger partial charge in [-0.1, -0.05) is 64.5 Å². The molecule has 1 heterocycles. The standard InChI is InChI=1S/C24H17BrN2OS/c25-18-12-13-23(28)20(15-18)24(17-7-2-1-3-8-17)27-22-11-5-4-10-21(22)26-16-19-9-6-14-29-19/h1-16,28H. The number of hydrogen-bond donors (Lipinski definition) is 1. The first-order valence-electron chi connectivity index (χ1n) is 9.00. The van der Waals surface area contributed by atoms with Gasteiger partial charge in [-0.25, -0.2) is 4.99 Å². The van der Waals surface area contributed by atoms with Crippen molar-refractivity contribution in [3.8, 4) is 5.75 Å². The first kappa shape index (κ1) is 19.3. The molecule has 0 saturated heterocycles. The van der Waals surface area contributed by atoms with Crippen LogP contribution in [-0.4, -0.2) is 17.0 Å². The Labute approximate surface area is 181 Å². The average Bonchev–Trinajstić information content (AvgIpc) is 3.27. The van der Waals surface area contributed by atoms with Crippen LogP contribution in [0.4, 0.5) is 11.4 Å². The smallest absolute Gasteiger partial charge is 0.125 e. The first-order chi connectivity index (χ1) is 14.2. The van der Waals surface area contributed by atoms with Gasteiger partial charge in [0.25, 0.3) is 0 Å². The lowest BCUT2D eigenvalue weighted by Gasteiger charge is -2.11. The Morgan fingerprint density at radius 3 is 2.38 bits per heavy atom. The Morgan fingerprint density at radius 1 is 0.862 bits per heavy atom. The fourth-order valence-electron chi connectivity index (χ4n) is 2.86. The zero-order valence-corrected chi connectivity index (χ0v) is 17.8. The summed E-state index contributed by atoms with van der Waals surface area (Å²) in [7, 11) is 0. The molecule has 0 amide bonds.